The summed E-state index contributed by atoms with van der Waals surface area (Å²) in [7, 11) is 0. The van der Waals surface area contributed by atoms with Gasteiger partial charge in [0.2, 0.25) is 0 Å². The summed E-state index contributed by atoms with van der Waals surface area (Å²) >= 11 is 0. The number of hydrogen-bond acceptors (Lipinski definition) is 4. The summed E-state index contributed by atoms with van der Waals surface area (Å²) in [4.78, 5) is 13.2. The van der Waals surface area contributed by atoms with Crippen molar-refractivity contribution in [1.82, 2.24) is 4.90 Å². The molecular weight excluding hydrogens is 234 g/mol. The molecule has 5 nitrogen and oxygen atoms in total. The monoisotopic (exact) mass is 255 g/mol. The first kappa shape index (κ1) is 12.4. The van der Waals surface area contributed by atoms with Gasteiger partial charge in [0.05, 0.1) is 6.10 Å². The van der Waals surface area contributed by atoms with Gasteiger partial charge in [-0.25, -0.2) is 4.79 Å². The van der Waals surface area contributed by atoms with Crippen LogP contribution < -0.4 is 0 Å². The SMILES string of the molecule is O=C(O)C1CCC(CN2CC3(CCOCC3)C2)O1. The third-order valence-electron chi connectivity index (χ3n) is 4.52. The molecular formula is C13H21NO4. The van der Waals surface area contributed by atoms with Crippen LogP contribution >= 0.6 is 0 Å². The molecule has 3 rings (SSSR count). The minimum absolute atomic E-state index is 0.114. The Morgan fingerprint density at radius 3 is 2.61 bits per heavy atom. The lowest BCUT2D eigenvalue weighted by molar-refractivity contribution is -0.151. The second-order valence-electron chi connectivity index (χ2n) is 5.94. The van der Waals surface area contributed by atoms with Crippen molar-refractivity contribution in [2.75, 3.05) is 32.8 Å². The Balaban J connectivity index is 1.42. The van der Waals surface area contributed by atoms with Crippen LogP contribution in [0.2, 0.25) is 0 Å². The first-order chi connectivity index (χ1) is 8.67. The minimum atomic E-state index is -0.818. The van der Waals surface area contributed by atoms with Crippen molar-refractivity contribution < 1.29 is 19.4 Å². The van der Waals surface area contributed by atoms with Crippen molar-refractivity contribution in [2.45, 2.75) is 37.9 Å². The van der Waals surface area contributed by atoms with Crippen molar-refractivity contribution >= 4 is 5.97 Å². The second-order valence-corrected chi connectivity index (χ2v) is 5.94. The molecule has 0 aromatic rings. The van der Waals surface area contributed by atoms with Gasteiger partial charge in [-0.1, -0.05) is 0 Å². The molecule has 0 aliphatic carbocycles. The quantitative estimate of drug-likeness (QED) is 0.805. The van der Waals surface area contributed by atoms with Gasteiger partial charge in [-0.15, -0.1) is 0 Å². The molecule has 2 unspecified atom stereocenters. The number of likely N-dealkylation sites (tertiary alicyclic amines) is 1. The van der Waals surface area contributed by atoms with Gasteiger partial charge in [0.1, 0.15) is 0 Å². The van der Waals surface area contributed by atoms with E-state index in [1.807, 2.05) is 0 Å². The van der Waals surface area contributed by atoms with E-state index in [1.165, 1.54) is 12.8 Å². The summed E-state index contributed by atoms with van der Waals surface area (Å²) in [6.45, 7) is 4.96. The minimum Gasteiger partial charge on any atom is -0.479 e. The smallest absolute Gasteiger partial charge is 0.332 e. The Bertz CT molecular complexity index is 319. The van der Waals surface area contributed by atoms with Gasteiger partial charge >= 0.3 is 5.97 Å². The number of ether oxygens (including phenoxy) is 2. The van der Waals surface area contributed by atoms with E-state index < -0.39 is 12.1 Å². The van der Waals surface area contributed by atoms with E-state index in [2.05, 4.69) is 4.90 Å². The Morgan fingerprint density at radius 2 is 2.00 bits per heavy atom. The van der Waals surface area contributed by atoms with Crippen LogP contribution in [0.5, 0.6) is 0 Å². The number of rotatable bonds is 3. The standard InChI is InChI=1S/C13H21NO4/c15-12(16)11-2-1-10(18-11)7-14-8-13(9-14)3-5-17-6-4-13/h10-11H,1-9H2,(H,15,16). The molecule has 0 radical (unpaired) electrons. The van der Waals surface area contributed by atoms with Crippen LogP contribution in [0, 0.1) is 5.41 Å². The highest BCUT2D eigenvalue weighted by molar-refractivity contribution is 5.72. The Hall–Kier alpha value is -0.650. The fourth-order valence-electron chi connectivity index (χ4n) is 3.46. The Morgan fingerprint density at radius 1 is 1.28 bits per heavy atom. The summed E-state index contributed by atoms with van der Waals surface area (Å²) in [6, 6.07) is 0. The van der Waals surface area contributed by atoms with E-state index >= 15 is 0 Å². The van der Waals surface area contributed by atoms with Crippen LogP contribution in [0.4, 0.5) is 0 Å². The van der Waals surface area contributed by atoms with Crippen LogP contribution in [0.15, 0.2) is 0 Å². The molecule has 3 heterocycles. The Labute approximate surface area is 107 Å². The normalized spacial score (nSPS) is 35.6. The predicted octanol–water partition coefficient (Wildman–Crippen LogP) is 0.731. The van der Waals surface area contributed by atoms with Crippen LogP contribution in [-0.4, -0.2) is 61.0 Å². The van der Waals surface area contributed by atoms with Crippen LogP contribution in [-0.2, 0) is 14.3 Å². The zero-order chi connectivity index (χ0) is 12.6. The Kier molecular flexibility index (Phi) is 3.30. The molecule has 1 spiro atoms. The van der Waals surface area contributed by atoms with E-state index in [-0.39, 0.29) is 6.10 Å². The van der Waals surface area contributed by atoms with Gasteiger partial charge in [-0.3, -0.25) is 4.90 Å². The molecule has 0 aromatic heterocycles. The summed E-state index contributed by atoms with van der Waals surface area (Å²) in [6.07, 6.45) is 3.42. The molecule has 3 fully saturated rings. The van der Waals surface area contributed by atoms with Crippen LogP contribution in [0.3, 0.4) is 0 Å². The number of carboxylic acid groups (broad SMARTS) is 1. The maximum Gasteiger partial charge on any atom is 0.332 e. The predicted molar refractivity (Wildman–Crippen MR) is 64.5 cm³/mol. The van der Waals surface area contributed by atoms with E-state index in [0.29, 0.717) is 11.8 Å². The van der Waals surface area contributed by atoms with E-state index in [9.17, 15) is 4.79 Å². The summed E-state index contributed by atoms with van der Waals surface area (Å²) < 4.78 is 10.9. The third kappa shape index (κ3) is 2.39. The van der Waals surface area contributed by atoms with Crippen molar-refractivity contribution in [2.24, 2.45) is 5.41 Å². The number of aliphatic carboxylic acids is 1. The zero-order valence-electron chi connectivity index (χ0n) is 10.6. The molecule has 2 atom stereocenters. The molecule has 0 bridgehead atoms. The lowest BCUT2D eigenvalue weighted by Gasteiger charge is -2.52. The van der Waals surface area contributed by atoms with Gasteiger partial charge in [0.15, 0.2) is 6.10 Å². The van der Waals surface area contributed by atoms with Crippen molar-refractivity contribution in [3.63, 3.8) is 0 Å². The maximum absolute atomic E-state index is 10.8. The topological polar surface area (TPSA) is 59.0 Å². The molecule has 5 heteroatoms. The molecule has 3 aliphatic heterocycles. The molecule has 0 aromatic carbocycles. The average Bonchev–Trinajstić information content (AvgIpc) is 2.77. The van der Waals surface area contributed by atoms with E-state index in [1.54, 1.807) is 0 Å². The van der Waals surface area contributed by atoms with Gasteiger partial charge in [0, 0.05) is 38.3 Å². The van der Waals surface area contributed by atoms with Crippen molar-refractivity contribution in [3.05, 3.63) is 0 Å². The molecule has 3 saturated heterocycles. The summed E-state index contributed by atoms with van der Waals surface area (Å²) in [5.74, 6) is -0.818. The fraction of sp³-hybridized carbons (Fsp3) is 0.923. The van der Waals surface area contributed by atoms with Crippen LogP contribution in [0.1, 0.15) is 25.7 Å². The largest absolute Gasteiger partial charge is 0.479 e. The highest BCUT2D eigenvalue weighted by Gasteiger charge is 2.45. The first-order valence-corrected chi connectivity index (χ1v) is 6.85. The maximum atomic E-state index is 10.8. The second kappa shape index (κ2) is 4.79. The van der Waals surface area contributed by atoms with Crippen molar-refractivity contribution in [3.8, 4) is 0 Å². The highest BCUT2D eigenvalue weighted by atomic mass is 16.5. The van der Waals surface area contributed by atoms with Gasteiger partial charge in [0.25, 0.3) is 0 Å². The molecule has 18 heavy (non-hydrogen) atoms. The van der Waals surface area contributed by atoms with Crippen LogP contribution in [0.25, 0.3) is 0 Å². The fourth-order valence-corrected chi connectivity index (χ4v) is 3.46. The molecule has 0 amide bonds. The number of carboxylic acids is 1. The van der Waals surface area contributed by atoms with E-state index in [4.69, 9.17) is 14.6 Å². The lowest BCUT2D eigenvalue weighted by atomic mass is 9.73. The molecule has 3 aliphatic rings. The van der Waals surface area contributed by atoms with Crippen molar-refractivity contribution in [1.29, 1.82) is 0 Å². The van der Waals surface area contributed by atoms with Gasteiger partial charge < -0.3 is 14.6 Å². The lowest BCUT2D eigenvalue weighted by Crippen LogP contribution is -2.59. The average molecular weight is 255 g/mol. The first-order valence-electron chi connectivity index (χ1n) is 6.85. The van der Waals surface area contributed by atoms with Gasteiger partial charge in [-0.2, -0.15) is 0 Å². The van der Waals surface area contributed by atoms with Gasteiger partial charge in [-0.05, 0) is 25.7 Å². The third-order valence-corrected chi connectivity index (χ3v) is 4.52. The zero-order valence-corrected chi connectivity index (χ0v) is 10.6. The number of hydrogen-bond donors (Lipinski definition) is 1. The highest BCUT2D eigenvalue weighted by Crippen LogP contribution is 2.40. The molecule has 0 saturated carbocycles. The number of carbonyl (C=O) groups is 1. The molecule has 102 valence electrons. The molecule has 1 N–H and O–H groups in total. The summed E-state index contributed by atoms with van der Waals surface area (Å²) in [5, 5.41) is 8.88. The number of nitrogens with zero attached hydrogens (tertiary/aromatic N) is 1. The van der Waals surface area contributed by atoms with E-state index in [0.717, 1.165) is 39.3 Å². The summed E-state index contributed by atoms with van der Waals surface area (Å²) in [5.41, 5.74) is 0.489.